The standard InChI is InChI=1S/C57H85N9O13S/c1-11-35(9)47-54(72)61-41(29-33(5)6)51(69)62-46(34(7)8)57(75)66-27-17-21-45(66)56(74)65-26-16-20-44(65)53(71)60-43(31-38-22-24-39(25-23-38)79-80(76,77)78)50(68)59-42(30-37-18-14-13-15-19-37)49(67)58-40(28-32(3)4)52(70)63-48(36(10)12-2)55(73)64-47/h13-15,18-19,22-25,32-36,40-48H,11-12,16-17,20-21,26-31H2,1-10H3,(H,58,67)(H,59,68)(H,60,71)(H,61,72)(H,62,69)(H,63,70)(H,64,73)(H,76,77,78)/t35-,36-,40-,41-,42-,43-,44-,45-,46-,47-,48-/m0/s1. The van der Waals surface area contributed by atoms with Crippen molar-refractivity contribution in [2.24, 2.45) is 29.6 Å². The predicted molar refractivity (Wildman–Crippen MR) is 298 cm³/mol. The molecule has 0 aromatic heterocycles. The highest BCUT2D eigenvalue weighted by atomic mass is 32.3. The van der Waals surface area contributed by atoms with Crippen molar-refractivity contribution in [3.8, 4) is 5.75 Å². The van der Waals surface area contributed by atoms with Crippen LogP contribution >= 0.6 is 0 Å². The number of carbonyl (C=O) groups excluding carboxylic acids is 9. The highest BCUT2D eigenvalue weighted by Crippen LogP contribution is 2.27. The molecule has 9 amide bonds. The fraction of sp³-hybridized carbons (Fsp3) is 0.632. The van der Waals surface area contributed by atoms with E-state index in [4.69, 9.17) is 0 Å². The first kappa shape index (κ1) is 64.2. The van der Waals surface area contributed by atoms with Gasteiger partial charge in [-0.15, -0.1) is 0 Å². The summed E-state index contributed by atoms with van der Waals surface area (Å²) in [6.07, 6.45) is 2.16. The van der Waals surface area contributed by atoms with Crippen LogP contribution in [0.5, 0.6) is 5.75 Å². The zero-order valence-electron chi connectivity index (χ0n) is 47.9. The van der Waals surface area contributed by atoms with Gasteiger partial charge in [0.25, 0.3) is 0 Å². The number of benzene rings is 2. The average Bonchev–Trinajstić information content (AvgIpc) is 4.19. The van der Waals surface area contributed by atoms with Gasteiger partial charge in [0.1, 0.15) is 60.1 Å². The van der Waals surface area contributed by atoms with Gasteiger partial charge in [-0.3, -0.25) is 47.7 Å². The average molecular weight is 1140 g/mol. The lowest BCUT2D eigenvalue weighted by atomic mass is 9.93. The van der Waals surface area contributed by atoms with E-state index in [0.29, 0.717) is 36.8 Å². The van der Waals surface area contributed by atoms with Crippen LogP contribution < -0.4 is 41.4 Å². The van der Waals surface area contributed by atoms with E-state index in [1.807, 2.05) is 41.5 Å². The normalized spacial score (nSPS) is 26.5. The zero-order chi connectivity index (χ0) is 59.2. The number of nitrogens with one attached hydrogen (secondary N) is 7. The Morgan fingerprint density at radius 3 is 1.38 bits per heavy atom. The molecule has 11 atom stereocenters. The van der Waals surface area contributed by atoms with Gasteiger partial charge >= 0.3 is 10.4 Å². The van der Waals surface area contributed by atoms with E-state index >= 15 is 0 Å². The SMILES string of the molecule is CC[C@H](C)[C@@H]1NC(=O)[C@H](CC(C)C)NC(=O)[C@H](Cc2ccccc2)NC(=O)[C@H](Cc2ccc(OS(=O)(=O)O)cc2)NC(=O)[C@@H]2CCCN2C(=O)[C@@H]2CCCN2C(=O)[C@H](C(C)C)NC(=O)[C@H](CC(C)C)NC(=O)[C@H]([C@@H](C)CC)NC1=O. The van der Waals surface area contributed by atoms with Gasteiger partial charge in [0.05, 0.1) is 0 Å². The van der Waals surface area contributed by atoms with E-state index in [9.17, 15) is 56.1 Å². The fourth-order valence-electron chi connectivity index (χ4n) is 10.4. The molecule has 0 unspecified atom stereocenters. The van der Waals surface area contributed by atoms with Crippen molar-refractivity contribution in [2.45, 2.75) is 188 Å². The van der Waals surface area contributed by atoms with Crippen LogP contribution in [0, 0.1) is 29.6 Å². The summed E-state index contributed by atoms with van der Waals surface area (Å²) in [5, 5.41) is 20.0. The van der Waals surface area contributed by atoms with E-state index in [0.717, 1.165) is 0 Å². The third-order valence-corrected chi connectivity index (χ3v) is 15.7. The van der Waals surface area contributed by atoms with Crippen LogP contribution in [0.4, 0.5) is 0 Å². The number of fused-ring (bicyclic) bond motifs is 2. The Morgan fingerprint density at radius 2 is 0.900 bits per heavy atom. The summed E-state index contributed by atoms with van der Waals surface area (Å²) in [5.41, 5.74) is 1.02. The molecule has 2 aromatic carbocycles. The number of amides is 9. The molecule has 0 aliphatic carbocycles. The molecular weight excluding hydrogens is 1050 g/mol. The number of nitrogens with zero attached hydrogens (tertiary/aromatic N) is 2. The fourth-order valence-corrected chi connectivity index (χ4v) is 10.8. The van der Waals surface area contributed by atoms with Gasteiger partial charge in [-0.25, -0.2) is 0 Å². The monoisotopic (exact) mass is 1140 g/mol. The van der Waals surface area contributed by atoms with Crippen LogP contribution in [-0.2, 0) is 66.4 Å². The van der Waals surface area contributed by atoms with Crippen molar-refractivity contribution >= 4 is 63.6 Å². The molecule has 2 aromatic rings. The van der Waals surface area contributed by atoms with Crippen molar-refractivity contribution in [3.63, 3.8) is 0 Å². The highest BCUT2D eigenvalue weighted by molar-refractivity contribution is 7.81. The number of rotatable bonds is 15. The molecule has 0 radical (unpaired) electrons. The molecular formula is C57H85N9O13S. The maximum Gasteiger partial charge on any atom is 0.446 e. The molecule has 8 N–H and O–H groups in total. The summed E-state index contributed by atoms with van der Waals surface area (Å²) in [5.74, 6) is -7.93. The molecule has 3 heterocycles. The van der Waals surface area contributed by atoms with Crippen LogP contribution in [0.2, 0.25) is 0 Å². The minimum atomic E-state index is -4.88. The third-order valence-electron chi connectivity index (χ3n) is 15.3. The molecule has 3 aliphatic heterocycles. The van der Waals surface area contributed by atoms with Crippen LogP contribution in [0.3, 0.4) is 0 Å². The Bertz CT molecular complexity index is 2620. The second-order valence-corrected chi connectivity index (χ2v) is 23.9. The molecule has 5 rings (SSSR count). The van der Waals surface area contributed by atoms with E-state index in [-0.39, 0.29) is 69.2 Å². The predicted octanol–water partition coefficient (Wildman–Crippen LogP) is 2.88. The first-order valence-corrected chi connectivity index (χ1v) is 29.6. The molecule has 0 bridgehead atoms. The Balaban J connectivity index is 1.62. The van der Waals surface area contributed by atoms with Crippen LogP contribution in [0.1, 0.15) is 132 Å². The molecule has 3 fully saturated rings. The lowest BCUT2D eigenvalue weighted by Gasteiger charge is -2.35. The zero-order valence-corrected chi connectivity index (χ0v) is 48.7. The molecule has 0 spiro atoms. The number of carbonyl (C=O) groups is 9. The van der Waals surface area contributed by atoms with Crippen molar-refractivity contribution in [2.75, 3.05) is 13.1 Å². The van der Waals surface area contributed by atoms with Gasteiger partial charge in [-0.05, 0) is 91.4 Å². The van der Waals surface area contributed by atoms with Crippen molar-refractivity contribution in [3.05, 3.63) is 65.7 Å². The second kappa shape index (κ2) is 29.2. The molecule has 23 heteroatoms. The summed E-state index contributed by atoms with van der Waals surface area (Å²) >= 11 is 0. The molecule has 442 valence electrons. The van der Waals surface area contributed by atoms with Crippen LogP contribution in [0.15, 0.2) is 54.6 Å². The van der Waals surface area contributed by atoms with Gasteiger partial charge in [0.2, 0.25) is 53.2 Å². The maximum absolute atomic E-state index is 14.9. The minimum Gasteiger partial charge on any atom is -0.362 e. The maximum atomic E-state index is 14.9. The summed E-state index contributed by atoms with van der Waals surface area (Å²) in [4.78, 5) is 135. The van der Waals surface area contributed by atoms with E-state index < -0.39 is 136 Å². The molecule has 80 heavy (non-hydrogen) atoms. The molecule has 3 saturated heterocycles. The highest BCUT2D eigenvalue weighted by Gasteiger charge is 2.45. The number of hydrogen-bond donors (Lipinski definition) is 8. The Kier molecular flexibility index (Phi) is 23.4. The second-order valence-electron chi connectivity index (χ2n) is 22.9. The van der Waals surface area contributed by atoms with Crippen LogP contribution in [0.25, 0.3) is 0 Å². The molecule has 0 saturated carbocycles. The number of hydrogen-bond acceptors (Lipinski definition) is 12. The molecule has 22 nitrogen and oxygen atoms in total. The topological polar surface area (TPSA) is 308 Å². The van der Waals surface area contributed by atoms with Gasteiger partial charge in [0.15, 0.2) is 0 Å². The lowest BCUT2D eigenvalue weighted by Crippen LogP contribution is -2.62. The first-order chi connectivity index (χ1) is 37.7. The Hall–Kier alpha value is -6.62. The van der Waals surface area contributed by atoms with Gasteiger partial charge in [-0.2, -0.15) is 8.42 Å². The summed E-state index contributed by atoms with van der Waals surface area (Å²) in [6.45, 7) is 18.5. The quantitative estimate of drug-likeness (QED) is 0.119. The van der Waals surface area contributed by atoms with Gasteiger partial charge < -0.3 is 51.2 Å². The van der Waals surface area contributed by atoms with Gasteiger partial charge in [0, 0.05) is 25.9 Å². The smallest absolute Gasteiger partial charge is 0.362 e. The first-order valence-electron chi connectivity index (χ1n) is 28.2. The van der Waals surface area contributed by atoms with Crippen molar-refractivity contribution < 1.29 is 60.3 Å². The largest absolute Gasteiger partial charge is 0.446 e. The molecule has 3 aliphatic rings. The summed E-state index contributed by atoms with van der Waals surface area (Å²) in [7, 11) is -4.88. The van der Waals surface area contributed by atoms with Gasteiger partial charge in [-0.1, -0.05) is 125 Å². The van der Waals surface area contributed by atoms with E-state index in [1.165, 1.54) is 34.1 Å². The van der Waals surface area contributed by atoms with E-state index in [1.54, 1.807) is 58.0 Å². The summed E-state index contributed by atoms with van der Waals surface area (Å²) in [6, 6.07) is 3.28. The third kappa shape index (κ3) is 17.9. The minimum absolute atomic E-state index is 0.0773. The Morgan fingerprint density at radius 1 is 0.500 bits per heavy atom. The van der Waals surface area contributed by atoms with Crippen molar-refractivity contribution in [1.82, 2.24) is 47.0 Å². The van der Waals surface area contributed by atoms with E-state index in [2.05, 4.69) is 41.4 Å². The Labute approximate surface area is 471 Å². The summed E-state index contributed by atoms with van der Waals surface area (Å²) < 4.78 is 36.8. The van der Waals surface area contributed by atoms with Crippen molar-refractivity contribution in [1.29, 1.82) is 0 Å². The van der Waals surface area contributed by atoms with Crippen LogP contribution in [-0.4, -0.2) is 143 Å². The lowest BCUT2D eigenvalue weighted by molar-refractivity contribution is -0.148.